The van der Waals surface area contributed by atoms with E-state index in [1.54, 1.807) is 0 Å². The molecule has 2 N–H and O–H groups in total. The van der Waals surface area contributed by atoms with Gasteiger partial charge in [-0.3, -0.25) is 9.78 Å². The highest BCUT2D eigenvalue weighted by atomic mass is 19.2. The van der Waals surface area contributed by atoms with Crippen LogP contribution in [0, 0.1) is 23.3 Å². The van der Waals surface area contributed by atoms with E-state index in [0.29, 0.717) is 0 Å². The van der Waals surface area contributed by atoms with Crippen molar-refractivity contribution < 1.29 is 22.4 Å². The summed E-state index contributed by atoms with van der Waals surface area (Å²) in [4.78, 5) is 16.1. The summed E-state index contributed by atoms with van der Waals surface area (Å²) in [6.07, 6.45) is 2.60. The third-order valence-electron chi connectivity index (χ3n) is 3.39. The van der Waals surface area contributed by atoms with Crippen molar-refractivity contribution in [2.75, 3.05) is 10.6 Å². The van der Waals surface area contributed by atoms with Gasteiger partial charge in [-0.25, -0.2) is 17.6 Å². The van der Waals surface area contributed by atoms with Crippen molar-refractivity contribution in [2.24, 2.45) is 0 Å². The molecule has 1 aromatic heterocycles. The number of hydrogen-bond acceptors (Lipinski definition) is 3. The van der Waals surface area contributed by atoms with E-state index in [4.69, 9.17) is 0 Å². The van der Waals surface area contributed by atoms with E-state index in [0.717, 1.165) is 24.3 Å². The van der Waals surface area contributed by atoms with E-state index in [-0.39, 0.29) is 22.6 Å². The molecule has 8 heteroatoms. The minimum atomic E-state index is -1.09. The van der Waals surface area contributed by atoms with Crippen LogP contribution in [0.5, 0.6) is 0 Å². The molecule has 3 aromatic rings. The summed E-state index contributed by atoms with van der Waals surface area (Å²) in [5.41, 5.74) is 0.457. The van der Waals surface area contributed by atoms with Crippen molar-refractivity contribution in [1.82, 2.24) is 4.98 Å². The molecule has 3 rings (SSSR count). The SMILES string of the molecule is O=C(Nc1ccc(F)c(F)c1)c1cncc(Nc2ccc(F)cc2F)c1. The third-order valence-corrected chi connectivity index (χ3v) is 3.39. The van der Waals surface area contributed by atoms with Crippen LogP contribution >= 0.6 is 0 Å². The van der Waals surface area contributed by atoms with E-state index < -0.39 is 29.2 Å². The van der Waals surface area contributed by atoms with E-state index in [2.05, 4.69) is 15.6 Å². The van der Waals surface area contributed by atoms with Gasteiger partial charge in [-0.1, -0.05) is 0 Å². The number of hydrogen-bond donors (Lipinski definition) is 2. The smallest absolute Gasteiger partial charge is 0.257 e. The van der Waals surface area contributed by atoms with E-state index in [1.165, 1.54) is 30.6 Å². The predicted molar refractivity (Wildman–Crippen MR) is 88.2 cm³/mol. The molecule has 0 unspecified atom stereocenters. The summed E-state index contributed by atoms with van der Waals surface area (Å²) in [5.74, 6) is -4.26. The molecule has 0 aliphatic heterocycles. The number of halogens is 4. The lowest BCUT2D eigenvalue weighted by molar-refractivity contribution is 0.102. The number of nitrogens with one attached hydrogen (secondary N) is 2. The first-order valence-electron chi connectivity index (χ1n) is 7.36. The molecule has 0 saturated heterocycles. The highest BCUT2D eigenvalue weighted by Crippen LogP contribution is 2.21. The second-order valence-electron chi connectivity index (χ2n) is 5.29. The number of carbonyl (C=O) groups excluding carboxylic acids is 1. The summed E-state index contributed by atoms with van der Waals surface area (Å²) in [7, 11) is 0. The summed E-state index contributed by atoms with van der Waals surface area (Å²) < 4.78 is 52.7. The Balaban J connectivity index is 1.77. The number of aromatic nitrogens is 1. The first-order valence-corrected chi connectivity index (χ1v) is 7.36. The van der Waals surface area contributed by atoms with Crippen molar-refractivity contribution in [3.8, 4) is 0 Å². The van der Waals surface area contributed by atoms with Crippen LogP contribution in [0.15, 0.2) is 54.9 Å². The number of benzene rings is 2. The van der Waals surface area contributed by atoms with Gasteiger partial charge in [0, 0.05) is 24.0 Å². The fourth-order valence-electron chi connectivity index (χ4n) is 2.16. The largest absolute Gasteiger partial charge is 0.352 e. The first kappa shape index (κ1) is 17.4. The number of nitrogens with zero attached hydrogens (tertiary/aromatic N) is 1. The van der Waals surface area contributed by atoms with Crippen molar-refractivity contribution >= 4 is 23.0 Å². The molecule has 1 amide bonds. The van der Waals surface area contributed by atoms with Crippen LogP contribution in [0.1, 0.15) is 10.4 Å². The zero-order chi connectivity index (χ0) is 18.7. The van der Waals surface area contributed by atoms with Crippen LogP contribution < -0.4 is 10.6 Å². The molecule has 4 nitrogen and oxygen atoms in total. The highest BCUT2D eigenvalue weighted by Gasteiger charge is 2.11. The monoisotopic (exact) mass is 361 g/mol. The molecule has 2 aromatic carbocycles. The maximum absolute atomic E-state index is 13.7. The predicted octanol–water partition coefficient (Wildman–Crippen LogP) is 4.63. The normalized spacial score (nSPS) is 10.5. The van der Waals surface area contributed by atoms with Crippen LogP contribution in [-0.4, -0.2) is 10.9 Å². The lowest BCUT2D eigenvalue weighted by Gasteiger charge is -2.09. The van der Waals surface area contributed by atoms with Crippen molar-refractivity contribution in [1.29, 1.82) is 0 Å². The van der Waals surface area contributed by atoms with Gasteiger partial charge in [0.1, 0.15) is 11.6 Å². The standard InChI is InChI=1S/C18H11F4N3O/c19-11-1-4-17(16(22)6-11)24-13-5-10(8-23-9-13)18(26)25-12-2-3-14(20)15(21)7-12/h1-9,24H,(H,25,26). The molecular weight excluding hydrogens is 350 g/mol. The maximum Gasteiger partial charge on any atom is 0.257 e. The molecular formula is C18H11F4N3O. The Morgan fingerprint density at radius 2 is 1.62 bits per heavy atom. The van der Waals surface area contributed by atoms with Crippen LogP contribution in [0.4, 0.5) is 34.6 Å². The molecule has 0 bridgehead atoms. The van der Waals surface area contributed by atoms with Gasteiger partial charge in [-0.2, -0.15) is 0 Å². The average molecular weight is 361 g/mol. The van der Waals surface area contributed by atoms with E-state index in [9.17, 15) is 22.4 Å². The zero-order valence-electron chi connectivity index (χ0n) is 13.1. The van der Waals surface area contributed by atoms with E-state index >= 15 is 0 Å². The Morgan fingerprint density at radius 3 is 2.35 bits per heavy atom. The molecule has 0 radical (unpaired) electrons. The fourth-order valence-corrected chi connectivity index (χ4v) is 2.16. The van der Waals surface area contributed by atoms with Crippen molar-refractivity contribution in [3.05, 3.63) is 83.7 Å². The number of pyridine rings is 1. The Bertz CT molecular complexity index is 978. The van der Waals surface area contributed by atoms with Gasteiger partial charge in [0.15, 0.2) is 11.6 Å². The Hall–Kier alpha value is -3.42. The van der Waals surface area contributed by atoms with Crippen LogP contribution in [0.3, 0.4) is 0 Å². The van der Waals surface area contributed by atoms with Gasteiger partial charge in [-0.05, 0) is 30.3 Å². The molecule has 0 aliphatic carbocycles. The molecule has 0 spiro atoms. The topological polar surface area (TPSA) is 54.0 Å². The minimum absolute atomic E-state index is 0.00589. The molecule has 0 saturated carbocycles. The molecule has 132 valence electrons. The van der Waals surface area contributed by atoms with Gasteiger partial charge in [-0.15, -0.1) is 0 Å². The Labute approximate surface area is 145 Å². The Morgan fingerprint density at radius 1 is 0.808 bits per heavy atom. The van der Waals surface area contributed by atoms with Crippen LogP contribution in [0.2, 0.25) is 0 Å². The molecule has 1 heterocycles. The third kappa shape index (κ3) is 3.97. The lowest BCUT2D eigenvalue weighted by Crippen LogP contribution is -2.13. The molecule has 0 atom stereocenters. The van der Waals surface area contributed by atoms with Crippen LogP contribution in [-0.2, 0) is 0 Å². The second-order valence-corrected chi connectivity index (χ2v) is 5.29. The summed E-state index contributed by atoms with van der Waals surface area (Å²) >= 11 is 0. The minimum Gasteiger partial charge on any atom is -0.352 e. The number of rotatable bonds is 4. The van der Waals surface area contributed by atoms with Crippen molar-refractivity contribution in [2.45, 2.75) is 0 Å². The summed E-state index contributed by atoms with van der Waals surface area (Å²) in [6, 6.07) is 7.33. The second kappa shape index (κ2) is 7.22. The molecule has 0 fully saturated rings. The quantitative estimate of drug-likeness (QED) is 0.666. The van der Waals surface area contributed by atoms with Gasteiger partial charge < -0.3 is 10.6 Å². The first-order chi connectivity index (χ1) is 12.4. The highest BCUT2D eigenvalue weighted by molar-refractivity contribution is 6.04. The zero-order valence-corrected chi connectivity index (χ0v) is 13.1. The average Bonchev–Trinajstić information content (AvgIpc) is 2.61. The number of anilines is 3. The summed E-state index contributed by atoms with van der Waals surface area (Å²) in [5, 5.41) is 5.08. The summed E-state index contributed by atoms with van der Waals surface area (Å²) in [6.45, 7) is 0. The fraction of sp³-hybridized carbons (Fsp3) is 0. The maximum atomic E-state index is 13.7. The number of amides is 1. The van der Waals surface area contributed by atoms with Gasteiger partial charge >= 0.3 is 0 Å². The Kier molecular flexibility index (Phi) is 4.83. The number of carbonyl (C=O) groups is 1. The molecule has 0 aliphatic rings. The van der Waals surface area contributed by atoms with E-state index in [1.807, 2.05) is 0 Å². The molecule has 26 heavy (non-hydrogen) atoms. The van der Waals surface area contributed by atoms with Crippen LogP contribution in [0.25, 0.3) is 0 Å². The lowest BCUT2D eigenvalue weighted by atomic mass is 10.2. The van der Waals surface area contributed by atoms with Gasteiger partial charge in [0.2, 0.25) is 0 Å². The van der Waals surface area contributed by atoms with Crippen molar-refractivity contribution in [3.63, 3.8) is 0 Å². The van der Waals surface area contributed by atoms with Gasteiger partial charge in [0.05, 0.1) is 23.1 Å². The van der Waals surface area contributed by atoms with Gasteiger partial charge in [0.25, 0.3) is 5.91 Å².